The zero-order valence-electron chi connectivity index (χ0n) is 59.4. The van der Waals surface area contributed by atoms with Gasteiger partial charge in [-0.3, -0.25) is 32.5 Å². The number of aliphatic hydroxyl groups excluding tert-OH is 2. The second kappa shape index (κ2) is 70.5. The van der Waals surface area contributed by atoms with Gasteiger partial charge in [0.15, 0.2) is 6.10 Å². The Kier molecular flexibility index (Phi) is 66.6. The van der Waals surface area contributed by atoms with Crippen LogP contribution in [0.1, 0.15) is 239 Å². The highest BCUT2D eigenvalue weighted by Crippen LogP contribution is 2.45. The number of unbranched alkanes of at least 4 members (excludes halogenated alkanes) is 13. The molecule has 18 heteroatoms. The molecule has 0 aliphatic rings. The van der Waals surface area contributed by atoms with Crippen molar-refractivity contribution in [2.24, 2.45) is 0 Å². The number of phosphoric acid groups is 2. The minimum atomic E-state index is -4.96. The summed E-state index contributed by atoms with van der Waals surface area (Å²) in [7, 11) is -9.84. The fourth-order valence-corrected chi connectivity index (χ4v) is 10.2. The molecule has 0 spiro atoms. The largest absolute Gasteiger partial charge is 0.472 e. The monoisotopic (exact) mass is 1390 g/mol. The van der Waals surface area contributed by atoms with E-state index in [1.165, 1.54) is 19.3 Å². The van der Waals surface area contributed by atoms with E-state index in [1.54, 1.807) is 0 Å². The molecule has 16 nitrogen and oxygen atoms in total. The predicted octanol–water partition coefficient (Wildman–Crippen LogP) is 20.6. The first-order valence-corrected chi connectivity index (χ1v) is 39.1. The number of ether oxygens (including phenoxy) is 3. The van der Waals surface area contributed by atoms with Crippen LogP contribution < -0.4 is 0 Å². The summed E-state index contributed by atoms with van der Waals surface area (Å²) in [6.07, 6.45) is 89.5. The summed E-state index contributed by atoms with van der Waals surface area (Å²) in [6, 6.07) is 0. The summed E-state index contributed by atoms with van der Waals surface area (Å²) < 4.78 is 60.9. The van der Waals surface area contributed by atoms with Crippen LogP contribution in [0.4, 0.5) is 0 Å². The van der Waals surface area contributed by atoms with Crippen molar-refractivity contribution in [1.82, 2.24) is 0 Å². The lowest BCUT2D eigenvalue weighted by Crippen LogP contribution is -2.29. The Bertz CT molecular complexity index is 2490. The van der Waals surface area contributed by atoms with Crippen LogP contribution in [0.15, 0.2) is 182 Å². The fraction of sp³-hybridized carbons (Fsp3) is 0.582. The van der Waals surface area contributed by atoms with Crippen molar-refractivity contribution >= 4 is 33.6 Å². The van der Waals surface area contributed by atoms with E-state index >= 15 is 0 Å². The van der Waals surface area contributed by atoms with Crippen LogP contribution in [0, 0.1) is 0 Å². The molecule has 0 saturated heterocycles. The smallest absolute Gasteiger partial charge is 0.463 e. The summed E-state index contributed by atoms with van der Waals surface area (Å²) in [5, 5.41) is 20.6. The van der Waals surface area contributed by atoms with Gasteiger partial charge in [0.25, 0.3) is 0 Å². The van der Waals surface area contributed by atoms with E-state index in [1.807, 2.05) is 18.2 Å². The second-order valence-electron chi connectivity index (χ2n) is 23.3. The van der Waals surface area contributed by atoms with Crippen LogP contribution in [-0.4, -0.2) is 95.9 Å². The number of hydrogen-bond acceptors (Lipinski definition) is 14. The average Bonchev–Trinajstić information content (AvgIpc) is 2.08. The number of aliphatic hydroxyl groups is 2. The first kappa shape index (κ1) is 91.6. The number of phosphoric ester groups is 2. The fourth-order valence-electron chi connectivity index (χ4n) is 8.66. The van der Waals surface area contributed by atoms with Gasteiger partial charge in [-0.15, -0.1) is 0 Å². The van der Waals surface area contributed by atoms with E-state index in [0.29, 0.717) is 25.7 Å². The van der Waals surface area contributed by atoms with Crippen molar-refractivity contribution in [2.75, 3.05) is 39.6 Å². The molecule has 0 aliphatic heterocycles. The number of carbonyl (C=O) groups is 3. The minimum Gasteiger partial charge on any atom is -0.463 e. The maximum absolute atomic E-state index is 12.9. The normalized spacial score (nSPS) is 15.2. The lowest BCUT2D eigenvalue weighted by Gasteiger charge is -2.21. The number of carbonyl (C=O) groups excluding carboxylic acids is 3. The van der Waals surface area contributed by atoms with E-state index in [-0.39, 0.29) is 19.3 Å². The summed E-state index contributed by atoms with van der Waals surface area (Å²) in [5.74, 6) is -1.73. The van der Waals surface area contributed by atoms with Gasteiger partial charge in [0.05, 0.1) is 26.4 Å². The molecular formula is C79H126O16P2. The van der Waals surface area contributed by atoms with Gasteiger partial charge in [-0.1, -0.05) is 254 Å². The number of hydrogen-bond donors (Lipinski definition) is 4. The summed E-state index contributed by atoms with van der Waals surface area (Å²) in [4.78, 5) is 58.5. The first-order chi connectivity index (χ1) is 47.2. The molecule has 0 aromatic heterocycles. The lowest BCUT2D eigenvalue weighted by molar-refractivity contribution is -0.161. The molecule has 0 saturated carbocycles. The molecule has 97 heavy (non-hydrogen) atoms. The van der Waals surface area contributed by atoms with Crippen molar-refractivity contribution in [2.45, 2.75) is 257 Å². The quantitative estimate of drug-likeness (QED) is 0.0146. The van der Waals surface area contributed by atoms with Gasteiger partial charge in [-0.25, -0.2) is 9.13 Å². The zero-order valence-corrected chi connectivity index (χ0v) is 61.2. The van der Waals surface area contributed by atoms with Gasteiger partial charge in [-0.05, 0) is 148 Å². The molecule has 0 aromatic rings. The van der Waals surface area contributed by atoms with E-state index in [4.69, 9.17) is 32.3 Å². The first-order valence-electron chi connectivity index (χ1n) is 36.1. The van der Waals surface area contributed by atoms with E-state index in [0.717, 1.165) is 154 Å². The Balaban J connectivity index is 4.84. The topological polar surface area (TPSA) is 231 Å². The van der Waals surface area contributed by atoms with Gasteiger partial charge >= 0.3 is 33.6 Å². The molecule has 0 fully saturated rings. The van der Waals surface area contributed by atoms with Crippen LogP contribution in [0.3, 0.4) is 0 Å². The lowest BCUT2D eigenvalue weighted by atomic mass is 10.1. The third kappa shape index (κ3) is 71.7. The maximum atomic E-state index is 12.9. The zero-order chi connectivity index (χ0) is 70.9. The molecular weight excluding hydrogens is 1270 g/mol. The van der Waals surface area contributed by atoms with Crippen molar-refractivity contribution in [3.8, 4) is 0 Å². The van der Waals surface area contributed by atoms with Crippen LogP contribution in [0.25, 0.3) is 0 Å². The molecule has 5 atom stereocenters. The van der Waals surface area contributed by atoms with E-state index < -0.39 is 91.5 Å². The molecule has 548 valence electrons. The van der Waals surface area contributed by atoms with Gasteiger partial charge in [0.1, 0.15) is 25.4 Å². The van der Waals surface area contributed by atoms with Gasteiger partial charge in [-0.2, -0.15) is 0 Å². The average molecular weight is 1390 g/mol. The molecule has 0 heterocycles. The Morgan fingerprint density at radius 3 is 0.907 bits per heavy atom. The van der Waals surface area contributed by atoms with Crippen LogP contribution >= 0.6 is 15.6 Å². The van der Waals surface area contributed by atoms with E-state index in [9.17, 15) is 43.5 Å². The summed E-state index contributed by atoms with van der Waals surface area (Å²) in [5.41, 5.74) is 0. The Hall–Kier alpha value is -5.35. The summed E-state index contributed by atoms with van der Waals surface area (Å²) in [6.45, 7) is 2.25. The van der Waals surface area contributed by atoms with Crippen molar-refractivity contribution in [3.05, 3.63) is 182 Å². The number of allylic oxidation sites excluding steroid dienone is 30. The molecule has 5 unspecified atom stereocenters. The third-order valence-electron chi connectivity index (χ3n) is 14.1. The molecule has 0 bridgehead atoms. The molecule has 0 aromatic carbocycles. The van der Waals surface area contributed by atoms with Crippen molar-refractivity contribution in [3.63, 3.8) is 0 Å². The Morgan fingerprint density at radius 2 is 0.567 bits per heavy atom. The SMILES string of the molecule is CC/C=C\C/C=C\C/C=C\C/C=C\C/C=C\C/C=C\CCC(=O)OC(COC(=O)CCCCCCC/C=C\C/C=C\C/C=C\C/C=C\CCCCC)COP(=O)(O)OCC(O)COP(=O)(O)OCC(O)COC(=O)CCCCCCC/C=C\C/C=C\C/C=C\C/C=C\C/C=C\CC. The molecule has 4 N–H and O–H groups in total. The van der Waals surface area contributed by atoms with Gasteiger partial charge in [0.2, 0.25) is 0 Å². The highest BCUT2D eigenvalue weighted by molar-refractivity contribution is 7.47. The van der Waals surface area contributed by atoms with Crippen molar-refractivity contribution < 1.29 is 75.8 Å². The van der Waals surface area contributed by atoms with Gasteiger partial charge < -0.3 is 34.2 Å². The third-order valence-corrected chi connectivity index (χ3v) is 16.0. The Morgan fingerprint density at radius 1 is 0.299 bits per heavy atom. The highest BCUT2D eigenvalue weighted by atomic mass is 31.2. The molecule has 0 aliphatic carbocycles. The van der Waals surface area contributed by atoms with Crippen LogP contribution in [0.5, 0.6) is 0 Å². The predicted molar refractivity (Wildman–Crippen MR) is 398 cm³/mol. The standard InChI is InChI=1S/C79H126O16P2/c1-4-7-10-13-16-19-22-25-28-31-34-36-39-41-44-47-50-53-56-59-62-65-77(82)89-68-74(80)69-91-96(85,86)92-70-75(81)71-93-97(87,88)94-73-76(95-79(84)67-64-61-58-55-52-49-46-43-38-33-30-27-24-21-18-15-12-9-6-3)72-90-78(83)66-63-60-57-54-51-48-45-42-40-37-35-32-29-26-23-20-17-14-11-8-5-2/h7,9-10,12,16-21,25-30,34-38,41-45,49,52,58,61,74-76,80-81H,4-6,8,11,13-15,22-24,31-33,39-40,46-48,50-51,53-57,59-60,62-73H2,1-3H3,(H,85,86)(H,87,88)/b10-7-,12-9-,19-16-,20-17-,21-18-,28-25-,29-26-,30-27-,36-34-,37-35-,43-38-,44-41-,45-42-,52-49-,61-58-. The van der Waals surface area contributed by atoms with Crippen LogP contribution in [0.2, 0.25) is 0 Å². The number of rotatable bonds is 66. The second-order valence-corrected chi connectivity index (χ2v) is 26.2. The van der Waals surface area contributed by atoms with Crippen molar-refractivity contribution in [1.29, 1.82) is 0 Å². The molecule has 0 rings (SSSR count). The highest BCUT2D eigenvalue weighted by Gasteiger charge is 2.29. The molecule has 0 amide bonds. The van der Waals surface area contributed by atoms with Crippen LogP contribution in [-0.2, 0) is 55.8 Å². The minimum absolute atomic E-state index is 0.0334. The summed E-state index contributed by atoms with van der Waals surface area (Å²) >= 11 is 0. The maximum Gasteiger partial charge on any atom is 0.472 e. The van der Waals surface area contributed by atoms with Gasteiger partial charge in [0, 0.05) is 19.3 Å². The Labute approximate surface area is 585 Å². The number of esters is 3. The van der Waals surface area contributed by atoms with E-state index in [2.05, 4.69) is 185 Å². The molecule has 0 radical (unpaired) electrons.